The molecule has 28 heavy (non-hydrogen) atoms. The summed E-state index contributed by atoms with van der Waals surface area (Å²) in [6.07, 6.45) is 3.58. The number of ether oxygens (including phenoxy) is 2. The number of nitrogens with one attached hydrogen (secondary N) is 3. The van der Waals surface area contributed by atoms with Gasteiger partial charge in [0.1, 0.15) is 11.8 Å². The summed E-state index contributed by atoms with van der Waals surface area (Å²) in [5.41, 5.74) is 3.56. The quantitative estimate of drug-likeness (QED) is 0.497. The van der Waals surface area contributed by atoms with Crippen LogP contribution in [0.15, 0.2) is 60.9 Å². The molecule has 0 aliphatic carbocycles. The van der Waals surface area contributed by atoms with Gasteiger partial charge in [-0.05, 0) is 35.4 Å². The molecule has 1 aromatic heterocycles. The molecule has 2 aromatic carbocycles. The molecule has 0 saturated heterocycles. The molecule has 0 unspecified atom stereocenters. The topological polar surface area (TPSA) is 88.3 Å². The largest absolute Gasteiger partial charge is 0.497 e. The third-order valence-corrected chi connectivity index (χ3v) is 4.33. The van der Waals surface area contributed by atoms with E-state index in [1.54, 1.807) is 20.4 Å². The fourth-order valence-corrected chi connectivity index (χ4v) is 2.86. The smallest absolute Gasteiger partial charge is 0.246 e. The molecular weight excluding hydrogens is 356 g/mol. The summed E-state index contributed by atoms with van der Waals surface area (Å²) < 4.78 is 10.4. The predicted molar refractivity (Wildman–Crippen MR) is 108 cm³/mol. The zero-order valence-electron chi connectivity index (χ0n) is 15.9. The molecule has 0 radical (unpaired) electrons. The van der Waals surface area contributed by atoms with E-state index in [0.717, 1.165) is 22.4 Å². The van der Waals surface area contributed by atoms with Gasteiger partial charge in [-0.1, -0.05) is 24.3 Å². The van der Waals surface area contributed by atoms with Crippen LogP contribution in [0.3, 0.4) is 0 Å². The molecule has 1 heterocycles. The Hall–Kier alpha value is -3.16. The molecule has 0 aliphatic heterocycles. The van der Waals surface area contributed by atoms with E-state index in [-0.39, 0.29) is 5.91 Å². The van der Waals surface area contributed by atoms with E-state index in [9.17, 15) is 4.79 Å². The van der Waals surface area contributed by atoms with Gasteiger partial charge in [0.05, 0.1) is 19.9 Å². The van der Waals surface area contributed by atoms with E-state index >= 15 is 0 Å². The monoisotopic (exact) mass is 380 g/mol. The summed E-state index contributed by atoms with van der Waals surface area (Å²) in [6, 6.07) is 14.6. The van der Waals surface area contributed by atoms with Crippen LogP contribution in [0.1, 0.15) is 11.6 Å². The summed E-state index contributed by atoms with van der Waals surface area (Å²) in [4.78, 5) is 13.0. The lowest BCUT2D eigenvalue weighted by Gasteiger charge is -2.19. The Morgan fingerprint density at radius 1 is 1.14 bits per heavy atom. The number of nitrogens with zero attached hydrogens (tertiary/aromatic N) is 1. The third kappa shape index (κ3) is 4.97. The van der Waals surface area contributed by atoms with Crippen molar-refractivity contribution < 1.29 is 14.3 Å². The number of anilines is 1. The average molecular weight is 380 g/mol. The standard InChI is InChI=1S/C21H24N4O3/c1-27-11-10-22-20(16-4-3-5-19(12-16)28-2)21(26)25-18-8-6-15(7-9-18)17-13-23-24-14-17/h3-9,12-14,20,22H,10-11H2,1-2H3,(H,23,24)(H,25,26)/t20-/m0/s1. The van der Waals surface area contributed by atoms with Crippen LogP contribution in [0.25, 0.3) is 11.1 Å². The molecular formula is C21H24N4O3. The number of carbonyl (C=O) groups excluding carboxylic acids is 1. The van der Waals surface area contributed by atoms with Crippen LogP contribution in [0.5, 0.6) is 5.75 Å². The van der Waals surface area contributed by atoms with Crippen molar-refractivity contribution in [2.24, 2.45) is 0 Å². The highest BCUT2D eigenvalue weighted by Crippen LogP contribution is 2.23. The van der Waals surface area contributed by atoms with Gasteiger partial charge in [0.25, 0.3) is 0 Å². The van der Waals surface area contributed by atoms with Gasteiger partial charge in [-0.2, -0.15) is 5.10 Å². The Labute approximate surface area is 164 Å². The second-order valence-corrected chi connectivity index (χ2v) is 6.21. The van der Waals surface area contributed by atoms with E-state index < -0.39 is 6.04 Å². The molecule has 0 fully saturated rings. The van der Waals surface area contributed by atoms with Crippen molar-refractivity contribution in [3.05, 3.63) is 66.5 Å². The summed E-state index contributed by atoms with van der Waals surface area (Å²) in [6.45, 7) is 1.05. The van der Waals surface area contributed by atoms with E-state index in [4.69, 9.17) is 9.47 Å². The van der Waals surface area contributed by atoms with Gasteiger partial charge in [0, 0.05) is 31.1 Å². The zero-order valence-corrected chi connectivity index (χ0v) is 15.9. The van der Waals surface area contributed by atoms with E-state index in [1.807, 2.05) is 54.7 Å². The second kappa shape index (κ2) is 9.68. The first-order chi connectivity index (χ1) is 13.7. The maximum atomic E-state index is 13.0. The molecule has 0 spiro atoms. The minimum Gasteiger partial charge on any atom is -0.497 e. The number of amides is 1. The van der Waals surface area contributed by atoms with Crippen molar-refractivity contribution >= 4 is 11.6 Å². The number of aromatic nitrogens is 2. The molecule has 1 atom stereocenters. The van der Waals surface area contributed by atoms with Gasteiger partial charge in [-0.25, -0.2) is 0 Å². The van der Waals surface area contributed by atoms with E-state index in [2.05, 4.69) is 20.8 Å². The molecule has 3 N–H and O–H groups in total. The van der Waals surface area contributed by atoms with Crippen LogP contribution in [0.4, 0.5) is 5.69 Å². The molecule has 0 bridgehead atoms. The van der Waals surface area contributed by atoms with Crippen molar-refractivity contribution in [3.63, 3.8) is 0 Å². The Morgan fingerprint density at radius 2 is 1.96 bits per heavy atom. The first kappa shape index (κ1) is 19.6. The minimum absolute atomic E-state index is 0.152. The van der Waals surface area contributed by atoms with Crippen LogP contribution < -0.4 is 15.4 Å². The first-order valence-electron chi connectivity index (χ1n) is 8.97. The molecule has 3 rings (SSSR count). The molecule has 146 valence electrons. The minimum atomic E-state index is -0.529. The van der Waals surface area contributed by atoms with Crippen molar-refractivity contribution in [1.29, 1.82) is 0 Å². The van der Waals surface area contributed by atoms with Gasteiger partial charge in [0.15, 0.2) is 0 Å². The lowest BCUT2D eigenvalue weighted by atomic mass is 10.0. The Morgan fingerprint density at radius 3 is 2.64 bits per heavy atom. The normalized spacial score (nSPS) is 11.8. The van der Waals surface area contributed by atoms with Crippen molar-refractivity contribution in [2.45, 2.75) is 6.04 Å². The van der Waals surface area contributed by atoms with Crippen LogP contribution in [0, 0.1) is 0 Å². The van der Waals surface area contributed by atoms with Crippen LogP contribution in [0.2, 0.25) is 0 Å². The number of methoxy groups -OCH3 is 2. The van der Waals surface area contributed by atoms with Crippen molar-refractivity contribution in [2.75, 3.05) is 32.7 Å². The van der Waals surface area contributed by atoms with Gasteiger partial charge < -0.3 is 14.8 Å². The third-order valence-electron chi connectivity index (χ3n) is 4.33. The second-order valence-electron chi connectivity index (χ2n) is 6.21. The molecule has 1 amide bonds. The fourth-order valence-electron chi connectivity index (χ4n) is 2.86. The lowest BCUT2D eigenvalue weighted by Crippen LogP contribution is -2.34. The van der Waals surface area contributed by atoms with Crippen LogP contribution >= 0.6 is 0 Å². The van der Waals surface area contributed by atoms with Crippen LogP contribution in [-0.2, 0) is 9.53 Å². The van der Waals surface area contributed by atoms with Crippen molar-refractivity contribution in [1.82, 2.24) is 15.5 Å². The van der Waals surface area contributed by atoms with E-state index in [0.29, 0.717) is 18.9 Å². The highest BCUT2D eigenvalue weighted by molar-refractivity contribution is 5.95. The number of benzene rings is 2. The SMILES string of the molecule is COCCN[C@H](C(=O)Nc1ccc(-c2cn[nH]c2)cc1)c1cccc(OC)c1. The van der Waals surface area contributed by atoms with Gasteiger partial charge in [0.2, 0.25) is 5.91 Å². The highest BCUT2D eigenvalue weighted by atomic mass is 16.5. The zero-order chi connectivity index (χ0) is 19.8. The maximum absolute atomic E-state index is 13.0. The summed E-state index contributed by atoms with van der Waals surface area (Å²) in [5.74, 6) is 0.550. The molecule has 0 aliphatic rings. The number of carbonyl (C=O) groups is 1. The molecule has 0 saturated carbocycles. The number of aromatic amines is 1. The highest BCUT2D eigenvalue weighted by Gasteiger charge is 2.20. The summed E-state index contributed by atoms with van der Waals surface area (Å²) in [7, 11) is 3.23. The number of H-pyrrole nitrogens is 1. The average Bonchev–Trinajstić information content (AvgIpc) is 3.26. The van der Waals surface area contributed by atoms with Gasteiger partial charge in [-0.3, -0.25) is 15.2 Å². The molecule has 7 heteroatoms. The molecule has 7 nitrogen and oxygen atoms in total. The van der Waals surface area contributed by atoms with E-state index in [1.165, 1.54) is 0 Å². The van der Waals surface area contributed by atoms with Crippen LogP contribution in [-0.4, -0.2) is 43.5 Å². The van der Waals surface area contributed by atoms with Gasteiger partial charge >= 0.3 is 0 Å². The Balaban J connectivity index is 1.74. The first-order valence-corrected chi connectivity index (χ1v) is 8.97. The number of hydrogen-bond donors (Lipinski definition) is 3. The maximum Gasteiger partial charge on any atom is 0.246 e. The lowest BCUT2D eigenvalue weighted by molar-refractivity contribution is -0.118. The Bertz CT molecular complexity index is 879. The van der Waals surface area contributed by atoms with Gasteiger partial charge in [-0.15, -0.1) is 0 Å². The fraction of sp³-hybridized carbons (Fsp3) is 0.238. The number of rotatable bonds is 9. The van der Waals surface area contributed by atoms with Crippen molar-refractivity contribution in [3.8, 4) is 16.9 Å². The summed E-state index contributed by atoms with van der Waals surface area (Å²) in [5, 5.41) is 13.0. The predicted octanol–water partition coefficient (Wildman–Crippen LogP) is 3.00. The number of hydrogen-bond acceptors (Lipinski definition) is 5. The molecule has 3 aromatic rings. The Kier molecular flexibility index (Phi) is 6.78. The summed E-state index contributed by atoms with van der Waals surface area (Å²) >= 11 is 0.